The monoisotopic (exact) mass is 299 g/mol. The van der Waals surface area contributed by atoms with Gasteiger partial charge in [0.25, 0.3) is 0 Å². The van der Waals surface area contributed by atoms with Crippen LogP contribution in [0.3, 0.4) is 0 Å². The van der Waals surface area contributed by atoms with Crippen LogP contribution in [0.15, 0.2) is 18.2 Å². The lowest BCUT2D eigenvalue weighted by molar-refractivity contribution is -0.137. The number of benzene rings is 1. The van der Waals surface area contributed by atoms with Gasteiger partial charge in [-0.05, 0) is 18.2 Å². The van der Waals surface area contributed by atoms with Crippen molar-refractivity contribution in [3.05, 3.63) is 35.1 Å². The van der Waals surface area contributed by atoms with Gasteiger partial charge in [-0.2, -0.15) is 13.2 Å². The Labute approximate surface area is 112 Å². The fraction of sp³-hybridized carbons (Fsp3) is 0.364. The Morgan fingerprint density at radius 3 is 2.58 bits per heavy atom. The third-order valence-corrected chi connectivity index (χ3v) is 2.63. The predicted octanol–water partition coefficient (Wildman–Crippen LogP) is 3.44. The maximum atomic E-state index is 13.5. The molecule has 1 aliphatic heterocycles. The first-order valence-corrected chi connectivity index (χ1v) is 5.18. The summed E-state index contributed by atoms with van der Waals surface area (Å²) in [5.41, 5.74) is -1.12. The molecule has 0 aliphatic carbocycles. The fourth-order valence-electron chi connectivity index (χ4n) is 1.75. The van der Waals surface area contributed by atoms with Gasteiger partial charge >= 0.3 is 12.3 Å². The number of ether oxygens (including phenoxy) is 1. The number of hydrogen-bond donors (Lipinski definition) is 1. The van der Waals surface area contributed by atoms with E-state index in [1.807, 2.05) is 0 Å². The second kappa shape index (κ2) is 5.64. The van der Waals surface area contributed by atoms with Gasteiger partial charge in [0, 0.05) is 12.0 Å². The van der Waals surface area contributed by atoms with Crippen LogP contribution in [0, 0.1) is 5.82 Å². The van der Waals surface area contributed by atoms with E-state index in [2.05, 4.69) is 10.1 Å². The van der Waals surface area contributed by atoms with Gasteiger partial charge in [-0.1, -0.05) is 0 Å². The lowest BCUT2D eigenvalue weighted by Gasteiger charge is -2.24. The van der Waals surface area contributed by atoms with E-state index in [0.717, 1.165) is 6.07 Å². The minimum absolute atomic E-state index is 0. The number of carbonyl (C=O) groups is 1. The van der Waals surface area contributed by atoms with Crippen molar-refractivity contribution < 1.29 is 27.1 Å². The van der Waals surface area contributed by atoms with Crippen LogP contribution in [0.4, 0.5) is 22.4 Å². The molecule has 0 radical (unpaired) electrons. The van der Waals surface area contributed by atoms with E-state index in [1.165, 1.54) is 0 Å². The zero-order valence-electron chi connectivity index (χ0n) is 9.46. The number of alkyl halides is 3. The maximum absolute atomic E-state index is 13.5. The average molecular weight is 300 g/mol. The molecule has 1 heterocycles. The van der Waals surface area contributed by atoms with Crippen LogP contribution in [-0.4, -0.2) is 12.7 Å². The molecule has 0 saturated carbocycles. The molecule has 106 valence electrons. The highest BCUT2D eigenvalue weighted by Gasteiger charge is 2.32. The van der Waals surface area contributed by atoms with Gasteiger partial charge < -0.3 is 10.1 Å². The van der Waals surface area contributed by atoms with Crippen molar-refractivity contribution in [2.45, 2.75) is 18.6 Å². The quantitative estimate of drug-likeness (QED) is 0.807. The van der Waals surface area contributed by atoms with Gasteiger partial charge in [0.05, 0.1) is 18.2 Å². The van der Waals surface area contributed by atoms with E-state index in [4.69, 9.17) is 0 Å². The van der Waals surface area contributed by atoms with Crippen molar-refractivity contribution in [3.63, 3.8) is 0 Å². The Morgan fingerprint density at radius 2 is 2.00 bits per heavy atom. The van der Waals surface area contributed by atoms with E-state index in [9.17, 15) is 22.4 Å². The molecular formula is C11H10ClF4NO2. The molecule has 0 aromatic heterocycles. The van der Waals surface area contributed by atoms with Crippen LogP contribution in [0.2, 0.25) is 0 Å². The van der Waals surface area contributed by atoms with Crippen molar-refractivity contribution in [3.8, 4) is 0 Å². The lowest BCUT2D eigenvalue weighted by Crippen LogP contribution is -2.35. The zero-order chi connectivity index (χ0) is 13.3. The smallest absolute Gasteiger partial charge is 0.416 e. The summed E-state index contributed by atoms with van der Waals surface area (Å²) in [5.74, 6) is -0.782. The van der Waals surface area contributed by atoms with Crippen LogP contribution in [-0.2, 0) is 10.9 Å². The lowest BCUT2D eigenvalue weighted by atomic mass is 10.00. The van der Waals surface area contributed by atoms with Crippen LogP contribution in [0.1, 0.15) is 23.6 Å². The third-order valence-electron chi connectivity index (χ3n) is 2.63. The summed E-state index contributed by atoms with van der Waals surface area (Å²) >= 11 is 0. The molecule has 1 amide bonds. The van der Waals surface area contributed by atoms with Crippen LogP contribution in [0.25, 0.3) is 0 Å². The third kappa shape index (κ3) is 3.50. The summed E-state index contributed by atoms with van der Waals surface area (Å²) < 4.78 is 55.6. The average Bonchev–Trinajstić information content (AvgIpc) is 2.28. The number of rotatable bonds is 1. The van der Waals surface area contributed by atoms with Crippen molar-refractivity contribution in [1.82, 2.24) is 5.32 Å². The number of hydrogen-bond acceptors (Lipinski definition) is 2. The summed E-state index contributed by atoms with van der Waals surface area (Å²) in [5, 5.41) is 2.28. The molecule has 2 rings (SSSR count). The Kier molecular flexibility index (Phi) is 4.62. The van der Waals surface area contributed by atoms with Gasteiger partial charge in [-0.3, -0.25) is 0 Å². The molecule has 8 heteroatoms. The van der Waals surface area contributed by atoms with Crippen molar-refractivity contribution in [2.24, 2.45) is 0 Å². The molecule has 1 fully saturated rings. The number of amides is 1. The minimum atomic E-state index is -4.54. The van der Waals surface area contributed by atoms with Crippen molar-refractivity contribution in [1.29, 1.82) is 0 Å². The number of halogens is 5. The largest absolute Gasteiger partial charge is 0.449 e. The van der Waals surface area contributed by atoms with E-state index < -0.39 is 29.7 Å². The highest BCUT2D eigenvalue weighted by molar-refractivity contribution is 5.85. The standard InChI is InChI=1S/C11H9F4NO2.ClH/c12-8-2-1-6(11(13,14)15)5-7(8)9-3-4-18-10(17)16-9;/h1-2,5,9H,3-4H2,(H,16,17);1H/t9-;/m0./s1. The topological polar surface area (TPSA) is 38.3 Å². The second-order valence-electron chi connectivity index (χ2n) is 3.86. The maximum Gasteiger partial charge on any atom is 0.416 e. The van der Waals surface area contributed by atoms with Gasteiger partial charge in [0.15, 0.2) is 0 Å². The highest BCUT2D eigenvalue weighted by Crippen LogP contribution is 2.33. The molecule has 1 aromatic rings. The van der Waals surface area contributed by atoms with Crippen LogP contribution in [0.5, 0.6) is 0 Å². The Morgan fingerprint density at radius 1 is 1.32 bits per heavy atom. The van der Waals surface area contributed by atoms with Gasteiger partial charge in [0.1, 0.15) is 5.82 Å². The van der Waals surface area contributed by atoms with Gasteiger partial charge in [-0.15, -0.1) is 12.4 Å². The molecule has 0 bridgehead atoms. The van der Waals surface area contributed by atoms with Crippen molar-refractivity contribution in [2.75, 3.05) is 6.61 Å². The summed E-state index contributed by atoms with van der Waals surface area (Å²) in [7, 11) is 0. The fourth-order valence-corrected chi connectivity index (χ4v) is 1.75. The highest BCUT2D eigenvalue weighted by atomic mass is 35.5. The van der Waals surface area contributed by atoms with Gasteiger partial charge in [0.2, 0.25) is 0 Å². The SMILES string of the molecule is Cl.O=C1N[C@H](c2cc(C(F)(F)F)ccc2F)CCO1. The Hall–Kier alpha value is -1.50. The summed E-state index contributed by atoms with van der Waals surface area (Å²) in [6, 6.07) is 1.33. The summed E-state index contributed by atoms with van der Waals surface area (Å²) in [4.78, 5) is 11.0. The molecule has 1 aliphatic rings. The number of alkyl carbamates (subject to hydrolysis) is 1. The van der Waals surface area contributed by atoms with E-state index in [-0.39, 0.29) is 31.0 Å². The molecule has 3 nitrogen and oxygen atoms in total. The zero-order valence-corrected chi connectivity index (χ0v) is 10.3. The van der Waals surface area contributed by atoms with Crippen LogP contribution < -0.4 is 5.32 Å². The van der Waals surface area contributed by atoms with Crippen molar-refractivity contribution >= 4 is 18.5 Å². The normalized spacial score (nSPS) is 19.2. The molecule has 19 heavy (non-hydrogen) atoms. The van der Waals surface area contributed by atoms with Crippen LogP contribution >= 0.6 is 12.4 Å². The number of nitrogens with one attached hydrogen (secondary N) is 1. The summed E-state index contributed by atoms with van der Waals surface area (Å²) in [6.45, 7) is 0.0478. The first-order valence-electron chi connectivity index (χ1n) is 5.18. The molecule has 1 aromatic carbocycles. The molecule has 0 unspecified atom stereocenters. The summed E-state index contributed by atoms with van der Waals surface area (Å²) in [6.07, 6.45) is -5.08. The number of cyclic esters (lactones) is 1. The molecule has 1 N–H and O–H groups in total. The molecule has 1 saturated heterocycles. The van der Waals surface area contributed by atoms with Gasteiger partial charge in [-0.25, -0.2) is 9.18 Å². The Bertz CT molecular complexity index is 478. The minimum Gasteiger partial charge on any atom is -0.449 e. The first-order chi connectivity index (χ1) is 8.38. The molecule has 1 atom stereocenters. The Balaban J connectivity index is 0.00000180. The number of carbonyl (C=O) groups excluding carboxylic acids is 1. The molecular weight excluding hydrogens is 290 g/mol. The van der Waals surface area contributed by atoms with E-state index in [0.29, 0.717) is 12.1 Å². The predicted molar refractivity (Wildman–Crippen MR) is 60.5 cm³/mol. The first kappa shape index (κ1) is 15.6. The van der Waals surface area contributed by atoms with E-state index >= 15 is 0 Å². The van der Waals surface area contributed by atoms with E-state index in [1.54, 1.807) is 0 Å². The second-order valence-corrected chi connectivity index (χ2v) is 3.86. The molecule has 0 spiro atoms.